The first kappa shape index (κ1) is 26.5. The van der Waals surface area contributed by atoms with Gasteiger partial charge in [0.25, 0.3) is 0 Å². The molecule has 0 amide bonds. The topological polar surface area (TPSA) is 142 Å². The molecule has 0 rings (SSSR count). The summed E-state index contributed by atoms with van der Waals surface area (Å²) in [6.45, 7) is 10.5. The molecule has 2 N–H and O–H groups in total. The number of methoxy groups -OCH3 is 1. The molecule has 0 bridgehead atoms. The van der Waals surface area contributed by atoms with E-state index in [-0.39, 0.29) is 25.0 Å². The van der Waals surface area contributed by atoms with Crippen LogP contribution in [0.15, 0.2) is 24.5 Å². The van der Waals surface area contributed by atoms with Crippen LogP contribution in [0, 0.1) is 0 Å². The van der Waals surface area contributed by atoms with Crippen molar-refractivity contribution < 1.29 is 47.5 Å². The maximum absolute atomic E-state index is 11.2. The first-order chi connectivity index (χ1) is 11.6. The third kappa shape index (κ3) is 13.6. The summed E-state index contributed by atoms with van der Waals surface area (Å²) in [6, 6.07) is -0.156. The Morgan fingerprint density at radius 1 is 1.27 bits per heavy atom. The lowest BCUT2D eigenvalue weighted by Gasteiger charge is -2.35. The molecular weight excluding hydrogens is 369 g/mol. The number of esters is 1. The molecular formula is C15H28NO9P. The van der Waals surface area contributed by atoms with Crippen LogP contribution in [-0.4, -0.2) is 73.2 Å². The van der Waals surface area contributed by atoms with Gasteiger partial charge in [-0.2, -0.15) is 0 Å². The van der Waals surface area contributed by atoms with Crippen LogP contribution in [-0.2, 0) is 28.2 Å². The highest BCUT2D eigenvalue weighted by Crippen LogP contribution is 2.36. The van der Waals surface area contributed by atoms with Crippen molar-refractivity contribution in [1.82, 2.24) is 0 Å². The third-order valence-electron chi connectivity index (χ3n) is 3.40. The molecule has 0 aliphatic carbocycles. The van der Waals surface area contributed by atoms with E-state index in [0.717, 1.165) is 0 Å². The van der Waals surface area contributed by atoms with E-state index >= 15 is 0 Å². The Bertz CT molecular complexity index is 553. The normalized spacial score (nSPS) is 12.3. The van der Waals surface area contributed by atoms with Gasteiger partial charge in [0, 0.05) is 5.57 Å². The highest BCUT2D eigenvalue weighted by molar-refractivity contribution is 7.46. The van der Waals surface area contributed by atoms with Crippen LogP contribution in [0.5, 0.6) is 0 Å². The van der Waals surface area contributed by atoms with Crippen LogP contribution in [0.2, 0.25) is 0 Å². The zero-order chi connectivity index (χ0) is 21.1. The number of carboxylic acid groups (broad SMARTS) is 1. The van der Waals surface area contributed by atoms with Gasteiger partial charge in [-0.1, -0.05) is 13.2 Å². The molecule has 0 aromatic heterocycles. The lowest BCUT2D eigenvalue weighted by Crippen LogP contribution is -2.51. The number of phosphoric acid groups is 1. The van der Waals surface area contributed by atoms with Gasteiger partial charge >= 0.3 is 13.8 Å². The van der Waals surface area contributed by atoms with E-state index in [4.69, 9.17) is 14.5 Å². The maximum Gasteiger partial charge on any atom is 0.469 e. The number of hydrogen-bond acceptors (Lipinski definition) is 7. The van der Waals surface area contributed by atoms with Crippen molar-refractivity contribution in [2.45, 2.75) is 19.9 Å². The van der Waals surface area contributed by atoms with Crippen molar-refractivity contribution in [2.24, 2.45) is 0 Å². The predicted molar refractivity (Wildman–Crippen MR) is 91.4 cm³/mol. The number of carbonyl (C=O) groups is 2. The quantitative estimate of drug-likeness (QED) is 0.165. The smallest absolute Gasteiger partial charge is 0.469 e. The van der Waals surface area contributed by atoms with E-state index in [1.54, 1.807) is 13.8 Å². The number of rotatable bonds is 10. The Kier molecular flexibility index (Phi) is 12.1. The van der Waals surface area contributed by atoms with Gasteiger partial charge in [-0.25, -0.2) is 9.36 Å². The lowest BCUT2D eigenvalue weighted by molar-refractivity contribution is -0.913. The number of quaternary nitrogens is 1. The molecule has 26 heavy (non-hydrogen) atoms. The summed E-state index contributed by atoms with van der Waals surface area (Å²) in [6.07, 6.45) is 0. The van der Waals surface area contributed by atoms with Gasteiger partial charge in [0.1, 0.15) is 37.5 Å². The molecule has 1 unspecified atom stereocenters. The second-order valence-electron chi connectivity index (χ2n) is 5.97. The van der Waals surface area contributed by atoms with Crippen molar-refractivity contribution in [3.8, 4) is 0 Å². The number of ether oxygens (including phenoxy) is 2. The Hall–Kier alpha value is -1.71. The zero-order valence-corrected chi connectivity index (χ0v) is 16.7. The second-order valence-corrected chi connectivity index (χ2v) is 7.21. The fraction of sp³-hybridized carbons (Fsp3) is 0.600. The molecule has 0 fully saturated rings. The third-order valence-corrected chi connectivity index (χ3v) is 3.89. The first-order valence-electron chi connectivity index (χ1n) is 7.43. The van der Waals surface area contributed by atoms with Gasteiger partial charge < -0.3 is 33.6 Å². The number of phosphoric ester groups is 1. The van der Waals surface area contributed by atoms with Crippen molar-refractivity contribution in [3.05, 3.63) is 24.5 Å². The number of carboxylic acids is 1. The van der Waals surface area contributed by atoms with Crippen LogP contribution in [0.25, 0.3) is 0 Å². The van der Waals surface area contributed by atoms with Gasteiger partial charge in [0.15, 0.2) is 0 Å². The monoisotopic (exact) mass is 397 g/mol. The Morgan fingerprint density at radius 3 is 2.08 bits per heavy atom. The molecule has 0 aliphatic rings. The number of hydrogen-bond donors (Lipinski definition) is 2. The Morgan fingerprint density at radius 2 is 1.77 bits per heavy atom. The summed E-state index contributed by atoms with van der Waals surface area (Å²) in [4.78, 5) is 38.1. The van der Waals surface area contributed by atoms with Gasteiger partial charge in [-0.15, -0.1) is 0 Å². The number of likely N-dealkylation sites (N-methyl/N-ethyl adjacent to an activating group) is 1. The van der Waals surface area contributed by atoms with Gasteiger partial charge in [0.05, 0.1) is 21.2 Å². The van der Waals surface area contributed by atoms with Crippen LogP contribution in [0.1, 0.15) is 13.8 Å². The fourth-order valence-electron chi connectivity index (χ4n) is 1.21. The molecule has 0 radical (unpaired) electrons. The largest absolute Gasteiger partial charge is 0.542 e. The molecule has 0 spiro atoms. The number of aliphatic carboxylic acids is 1. The molecule has 0 aliphatic heterocycles. The lowest BCUT2D eigenvalue weighted by atomic mass is 10.2. The molecule has 1 atom stereocenters. The zero-order valence-electron chi connectivity index (χ0n) is 15.8. The minimum absolute atomic E-state index is 0.0777. The molecule has 11 heteroatoms. The number of carbonyl (C=O) groups excluding carboxylic acids is 2. The van der Waals surface area contributed by atoms with Gasteiger partial charge in [-0.05, 0) is 13.8 Å². The summed E-state index contributed by atoms with van der Waals surface area (Å²) in [5, 5.41) is 9.59. The van der Waals surface area contributed by atoms with Gasteiger partial charge in [-0.3, -0.25) is 4.52 Å². The minimum Gasteiger partial charge on any atom is -0.542 e. The average molecular weight is 397 g/mol. The Labute approximate surface area is 153 Å². The van der Waals surface area contributed by atoms with E-state index in [1.807, 2.05) is 14.1 Å². The maximum atomic E-state index is 11.2. The molecule has 10 nitrogen and oxygen atoms in total. The van der Waals surface area contributed by atoms with Crippen LogP contribution >= 0.6 is 7.82 Å². The number of nitrogens with zero attached hydrogens (tertiary/aromatic N) is 1. The van der Waals surface area contributed by atoms with E-state index < -0.39 is 19.8 Å². The van der Waals surface area contributed by atoms with Crippen LogP contribution < -0.4 is 5.11 Å². The minimum atomic E-state index is -4.45. The molecule has 0 heterocycles. The van der Waals surface area contributed by atoms with Crippen molar-refractivity contribution in [2.75, 3.05) is 41.0 Å². The molecule has 0 aromatic carbocycles. The summed E-state index contributed by atoms with van der Waals surface area (Å²) in [5.41, 5.74) is 0.336. The summed E-state index contributed by atoms with van der Waals surface area (Å²) >= 11 is 0. The second kappa shape index (κ2) is 11.8. The summed E-state index contributed by atoms with van der Waals surface area (Å²) in [5.74, 6) is -2.17. The summed E-state index contributed by atoms with van der Waals surface area (Å²) in [7, 11) is 0.496. The van der Waals surface area contributed by atoms with Crippen LogP contribution in [0.4, 0.5) is 0 Å². The highest BCUT2D eigenvalue weighted by atomic mass is 31.2. The Balaban J connectivity index is 0. The fourth-order valence-corrected chi connectivity index (χ4v) is 1.62. The van der Waals surface area contributed by atoms with E-state index in [1.165, 1.54) is 7.11 Å². The highest BCUT2D eigenvalue weighted by Gasteiger charge is 2.27. The predicted octanol–water partition coefficient (Wildman–Crippen LogP) is -0.424. The molecule has 0 saturated heterocycles. The van der Waals surface area contributed by atoms with Crippen LogP contribution in [0.3, 0.4) is 0 Å². The standard InChI is InChI=1S/C11H22NO6P.C4H6O3/c1-9(2)11(13)17-7-6-12(4,5)10(3)8-18-19(14,15)16;1-3(7-2)4(5)6/h10H,1,6-8H2,2-5H3,(H-,14,15,16);1H2,2H3,(H,5,6). The summed E-state index contributed by atoms with van der Waals surface area (Å²) < 4.78 is 24.6. The van der Waals surface area contributed by atoms with Crippen molar-refractivity contribution in [3.63, 3.8) is 0 Å². The molecule has 0 aromatic rings. The molecule has 0 saturated carbocycles. The first-order valence-corrected chi connectivity index (χ1v) is 8.96. The van der Waals surface area contributed by atoms with Gasteiger partial charge in [0.2, 0.25) is 0 Å². The SMILES string of the molecule is C=C(C)C(=O)OCC[N+](C)(C)C(C)COP(=O)(O)O.C=C(OC)C(=O)[O-]. The van der Waals surface area contributed by atoms with E-state index in [9.17, 15) is 19.3 Å². The van der Waals surface area contributed by atoms with Crippen molar-refractivity contribution in [1.29, 1.82) is 0 Å². The van der Waals surface area contributed by atoms with E-state index in [0.29, 0.717) is 16.6 Å². The molecule has 152 valence electrons. The average Bonchev–Trinajstić information content (AvgIpc) is 2.50. The van der Waals surface area contributed by atoms with Crippen molar-refractivity contribution >= 4 is 19.8 Å². The van der Waals surface area contributed by atoms with E-state index in [2.05, 4.69) is 22.4 Å².